The van der Waals surface area contributed by atoms with E-state index in [4.69, 9.17) is 0 Å². The van der Waals surface area contributed by atoms with Crippen molar-refractivity contribution in [3.05, 3.63) is 24.3 Å². The summed E-state index contributed by atoms with van der Waals surface area (Å²) in [6.07, 6.45) is 2.35. The van der Waals surface area contributed by atoms with Gasteiger partial charge in [-0.3, -0.25) is 9.59 Å². The van der Waals surface area contributed by atoms with Crippen LogP contribution in [0.2, 0.25) is 0 Å². The fourth-order valence-electron chi connectivity index (χ4n) is 5.57. The van der Waals surface area contributed by atoms with Crippen LogP contribution in [-0.2, 0) is 19.6 Å². The SMILES string of the molecule is CCC(=O)N1CCC(CC#N)(N2NC(Nc3ccc(S(=O)(=O)N(C)C)cc3)C3C(=O)NCCC32)CC1. The minimum absolute atomic E-state index is 0.0590. The summed E-state index contributed by atoms with van der Waals surface area (Å²) in [4.78, 5) is 27.3. The molecule has 3 atom stereocenters. The first-order valence-corrected chi connectivity index (χ1v) is 13.8. The number of fused-ring (bicyclic) bond motifs is 1. The second kappa shape index (κ2) is 10.3. The van der Waals surface area contributed by atoms with Gasteiger partial charge in [0.1, 0.15) is 6.17 Å². The average Bonchev–Trinajstić information content (AvgIpc) is 3.24. The number of benzene rings is 1. The number of anilines is 1. The molecule has 3 N–H and O–H groups in total. The summed E-state index contributed by atoms with van der Waals surface area (Å²) in [5.41, 5.74) is 3.70. The van der Waals surface area contributed by atoms with Gasteiger partial charge in [-0.25, -0.2) is 23.2 Å². The third-order valence-electron chi connectivity index (χ3n) is 7.65. The van der Waals surface area contributed by atoms with E-state index < -0.39 is 27.6 Å². The van der Waals surface area contributed by atoms with Crippen molar-refractivity contribution < 1.29 is 18.0 Å². The van der Waals surface area contributed by atoms with E-state index >= 15 is 0 Å². The second-order valence-electron chi connectivity index (χ2n) is 9.90. The highest BCUT2D eigenvalue weighted by Crippen LogP contribution is 2.40. The van der Waals surface area contributed by atoms with Crippen LogP contribution in [0.4, 0.5) is 5.69 Å². The zero-order valence-corrected chi connectivity index (χ0v) is 21.8. The number of carbonyl (C=O) groups excluding carboxylic acids is 2. The first-order valence-electron chi connectivity index (χ1n) is 12.4. The average molecular weight is 518 g/mol. The van der Waals surface area contributed by atoms with Gasteiger partial charge in [-0.2, -0.15) is 5.26 Å². The highest BCUT2D eigenvalue weighted by molar-refractivity contribution is 7.89. The predicted octanol–water partition coefficient (Wildman–Crippen LogP) is 0.685. The number of sulfonamides is 1. The molecule has 1 aromatic rings. The Kier molecular flexibility index (Phi) is 7.56. The molecular weight excluding hydrogens is 482 g/mol. The van der Waals surface area contributed by atoms with Crippen LogP contribution < -0.4 is 16.1 Å². The summed E-state index contributed by atoms with van der Waals surface area (Å²) >= 11 is 0. The number of rotatable bonds is 7. The molecule has 36 heavy (non-hydrogen) atoms. The fraction of sp³-hybridized carbons (Fsp3) is 0.625. The van der Waals surface area contributed by atoms with Crippen LogP contribution in [0.1, 0.15) is 39.0 Å². The van der Waals surface area contributed by atoms with Crippen molar-refractivity contribution in [1.29, 1.82) is 5.26 Å². The quantitative estimate of drug-likeness (QED) is 0.480. The minimum Gasteiger partial charge on any atom is -0.368 e. The lowest BCUT2D eigenvalue weighted by Crippen LogP contribution is -2.62. The maximum atomic E-state index is 13.0. The van der Waals surface area contributed by atoms with Crippen LogP contribution in [0.5, 0.6) is 0 Å². The van der Waals surface area contributed by atoms with E-state index in [1.807, 2.05) is 11.8 Å². The fourth-order valence-corrected chi connectivity index (χ4v) is 6.48. The molecule has 4 rings (SSSR count). The third kappa shape index (κ3) is 4.80. The summed E-state index contributed by atoms with van der Waals surface area (Å²) in [5, 5.41) is 18.2. The predicted molar refractivity (Wildman–Crippen MR) is 134 cm³/mol. The Morgan fingerprint density at radius 1 is 1.25 bits per heavy atom. The van der Waals surface area contributed by atoms with E-state index in [2.05, 4.69) is 27.1 Å². The second-order valence-corrected chi connectivity index (χ2v) is 12.1. The molecule has 0 radical (unpaired) electrons. The third-order valence-corrected chi connectivity index (χ3v) is 9.48. The van der Waals surface area contributed by atoms with E-state index in [-0.39, 0.29) is 22.8 Å². The number of piperidine rings is 2. The molecule has 3 saturated heterocycles. The molecule has 0 aliphatic carbocycles. The lowest BCUT2D eigenvalue weighted by Gasteiger charge is -2.49. The zero-order chi connectivity index (χ0) is 26.1. The Morgan fingerprint density at radius 3 is 2.50 bits per heavy atom. The van der Waals surface area contributed by atoms with Crippen molar-refractivity contribution in [3.63, 3.8) is 0 Å². The first kappa shape index (κ1) is 26.3. The molecule has 1 aromatic carbocycles. The van der Waals surface area contributed by atoms with E-state index in [0.717, 1.165) is 10.7 Å². The van der Waals surface area contributed by atoms with Crippen molar-refractivity contribution in [3.8, 4) is 6.07 Å². The molecule has 2 amide bonds. The summed E-state index contributed by atoms with van der Waals surface area (Å²) in [6, 6.07) is 8.71. The summed E-state index contributed by atoms with van der Waals surface area (Å²) < 4.78 is 26.0. The van der Waals surface area contributed by atoms with Gasteiger partial charge in [0, 0.05) is 51.9 Å². The van der Waals surface area contributed by atoms with Crippen LogP contribution in [0.15, 0.2) is 29.2 Å². The number of nitrogens with zero attached hydrogens (tertiary/aromatic N) is 4. The highest BCUT2D eigenvalue weighted by Gasteiger charge is 2.55. The molecular formula is C24H35N7O4S. The molecule has 3 aliphatic rings. The normalized spacial score (nSPS) is 26.2. The number of nitrogens with one attached hydrogen (secondary N) is 3. The molecule has 3 aliphatic heterocycles. The number of likely N-dealkylation sites (tertiary alicyclic amines) is 1. The maximum absolute atomic E-state index is 13.0. The molecule has 12 heteroatoms. The largest absolute Gasteiger partial charge is 0.368 e. The van der Waals surface area contributed by atoms with Gasteiger partial charge in [0.25, 0.3) is 0 Å². The molecule has 3 fully saturated rings. The molecule has 196 valence electrons. The number of amides is 2. The lowest BCUT2D eigenvalue weighted by molar-refractivity contribution is -0.135. The highest BCUT2D eigenvalue weighted by atomic mass is 32.2. The van der Waals surface area contributed by atoms with Gasteiger partial charge in [-0.05, 0) is 43.5 Å². The smallest absolute Gasteiger partial charge is 0.242 e. The van der Waals surface area contributed by atoms with Gasteiger partial charge in [0.05, 0.1) is 28.8 Å². The molecule has 3 heterocycles. The maximum Gasteiger partial charge on any atom is 0.242 e. The topological polar surface area (TPSA) is 138 Å². The zero-order valence-electron chi connectivity index (χ0n) is 21.0. The molecule has 3 unspecified atom stereocenters. The van der Waals surface area contributed by atoms with Crippen LogP contribution in [0.3, 0.4) is 0 Å². The summed E-state index contributed by atoms with van der Waals surface area (Å²) in [5.74, 6) is -0.338. The number of carbonyl (C=O) groups is 2. The van der Waals surface area contributed by atoms with E-state index in [9.17, 15) is 23.3 Å². The van der Waals surface area contributed by atoms with E-state index in [1.165, 1.54) is 14.1 Å². The van der Waals surface area contributed by atoms with Gasteiger partial charge in [0.15, 0.2) is 0 Å². The van der Waals surface area contributed by atoms with Crippen molar-refractivity contribution in [2.24, 2.45) is 5.92 Å². The molecule has 0 aromatic heterocycles. The summed E-state index contributed by atoms with van der Waals surface area (Å²) in [7, 11) is -0.568. The Labute approximate surface area is 212 Å². The van der Waals surface area contributed by atoms with Gasteiger partial charge in [0.2, 0.25) is 21.8 Å². The standard InChI is InChI=1S/C24H35N7O4S/c1-4-20(32)30-15-11-24(10-13-25,12-16-30)31-19-9-14-26-23(33)21(19)22(28-31)27-17-5-7-18(8-6-17)36(34,35)29(2)3/h5-8,19,21-22,27-28H,4,9-12,14-16H2,1-3H3,(H,26,33). The molecule has 0 spiro atoms. The molecule has 0 saturated carbocycles. The van der Waals surface area contributed by atoms with Crippen LogP contribution in [0.25, 0.3) is 0 Å². The first-order chi connectivity index (χ1) is 17.1. The lowest BCUT2D eigenvalue weighted by atomic mass is 9.81. The monoisotopic (exact) mass is 517 g/mol. The molecule has 11 nitrogen and oxygen atoms in total. The van der Waals surface area contributed by atoms with Crippen molar-refractivity contribution >= 4 is 27.5 Å². The Balaban J connectivity index is 1.57. The number of hydrazine groups is 1. The van der Waals surface area contributed by atoms with E-state index in [0.29, 0.717) is 51.0 Å². The van der Waals surface area contributed by atoms with Crippen LogP contribution >= 0.6 is 0 Å². The van der Waals surface area contributed by atoms with Crippen molar-refractivity contribution in [1.82, 2.24) is 25.0 Å². The Hall–Kier alpha value is -2.72. The number of nitriles is 1. The summed E-state index contributed by atoms with van der Waals surface area (Å²) in [6.45, 7) is 3.57. The van der Waals surface area contributed by atoms with Gasteiger partial charge < -0.3 is 15.5 Å². The van der Waals surface area contributed by atoms with Crippen LogP contribution in [-0.4, -0.2) is 85.9 Å². The van der Waals surface area contributed by atoms with Gasteiger partial charge in [-0.1, -0.05) is 6.92 Å². The van der Waals surface area contributed by atoms with Crippen molar-refractivity contribution in [2.75, 3.05) is 39.0 Å². The molecule has 0 bridgehead atoms. The Morgan fingerprint density at radius 2 is 1.92 bits per heavy atom. The Bertz CT molecular complexity index is 1120. The van der Waals surface area contributed by atoms with E-state index in [1.54, 1.807) is 24.3 Å². The van der Waals surface area contributed by atoms with Crippen molar-refractivity contribution in [2.45, 2.75) is 61.7 Å². The minimum atomic E-state index is -3.54. The van der Waals surface area contributed by atoms with Gasteiger partial charge in [-0.15, -0.1) is 0 Å². The van der Waals surface area contributed by atoms with Crippen LogP contribution in [0, 0.1) is 17.2 Å². The van der Waals surface area contributed by atoms with Gasteiger partial charge >= 0.3 is 0 Å². The number of hydrogen-bond acceptors (Lipinski definition) is 8. The number of hydrogen-bond donors (Lipinski definition) is 3.